The Hall–Kier alpha value is -3.85. The number of hydrogen-bond donors (Lipinski definition) is 0. The fourth-order valence-electron chi connectivity index (χ4n) is 1.96. The van der Waals surface area contributed by atoms with Crippen LogP contribution in [0.4, 0.5) is 4.79 Å². The van der Waals surface area contributed by atoms with Crippen LogP contribution in [0.25, 0.3) is 0 Å². The molecule has 0 aliphatic heterocycles. The first kappa shape index (κ1) is 20.5. The van der Waals surface area contributed by atoms with Crippen molar-refractivity contribution in [3.05, 3.63) is 133 Å². The lowest BCUT2D eigenvalue weighted by Crippen LogP contribution is -2.13. The van der Waals surface area contributed by atoms with Gasteiger partial charge >= 0.3 is 6.16 Å². The van der Waals surface area contributed by atoms with Crippen molar-refractivity contribution in [2.45, 2.75) is 0 Å². The molecule has 0 heterocycles. The maximum atomic E-state index is 11.3. The topological polar surface area (TPSA) is 35.5 Å². The van der Waals surface area contributed by atoms with Crippen molar-refractivity contribution in [1.29, 1.82) is 0 Å². The van der Waals surface area contributed by atoms with Gasteiger partial charge < -0.3 is 9.47 Å². The molecule has 0 spiro atoms. The summed E-state index contributed by atoms with van der Waals surface area (Å²) < 4.78 is 9.91. The zero-order valence-electron chi connectivity index (χ0n) is 15.4. The highest BCUT2D eigenvalue weighted by Gasteiger charge is 2.06. The Morgan fingerprint density at radius 3 is 0.857 bits per heavy atom. The van der Waals surface area contributed by atoms with E-state index in [9.17, 15) is 4.79 Å². The quantitative estimate of drug-likeness (QED) is 0.293. The van der Waals surface area contributed by atoms with Crippen LogP contribution in [0.2, 0.25) is 0 Å². The molecule has 0 fully saturated rings. The van der Waals surface area contributed by atoms with Gasteiger partial charge in [0.05, 0.1) is 0 Å². The van der Waals surface area contributed by atoms with Gasteiger partial charge in [0.15, 0.2) is 0 Å². The lowest BCUT2D eigenvalue weighted by atomic mass is 10.3. The van der Waals surface area contributed by atoms with E-state index in [0.717, 1.165) is 0 Å². The van der Waals surface area contributed by atoms with E-state index in [2.05, 4.69) is 0 Å². The van der Waals surface area contributed by atoms with Gasteiger partial charge in [-0.1, -0.05) is 109 Å². The first-order valence-corrected chi connectivity index (χ1v) is 8.84. The molecule has 0 unspecified atom stereocenters. The van der Waals surface area contributed by atoms with Crippen LogP contribution < -0.4 is 9.47 Å². The van der Waals surface area contributed by atoms with Crippen LogP contribution in [-0.4, -0.2) is 6.16 Å². The van der Waals surface area contributed by atoms with Gasteiger partial charge in [0.25, 0.3) is 0 Å². The number of para-hydroxylation sites is 2. The van der Waals surface area contributed by atoms with E-state index in [0.29, 0.717) is 11.5 Å². The standard InChI is InChI=1S/C13H10O3.2C6H6/c14-13(15-11-7-3-1-4-8-11)16-12-9-5-2-6-10-12;2*1-2-4-6-5-3-1/h1-10H;2*1-6H. The molecule has 4 aromatic rings. The normalized spacial score (nSPS) is 8.86. The molecule has 4 rings (SSSR count). The molecule has 0 aliphatic carbocycles. The fraction of sp³-hybridized carbons (Fsp3) is 0. The third kappa shape index (κ3) is 9.59. The van der Waals surface area contributed by atoms with Crippen molar-refractivity contribution in [2.24, 2.45) is 0 Å². The van der Waals surface area contributed by atoms with Gasteiger partial charge in [-0.25, -0.2) is 4.79 Å². The summed E-state index contributed by atoms with van der Waals surface area (Å²) in [6, 6.07) is 41.6. The lowest BCUT2D eigenvalue weighted by Gasteiger charge is -2.04. The van der Waals surface area contributed by atoms with Crippen molar-refractivity contribution < 1.29 is 14.3 Å². The molecule has 0 atom stereocenters. The fourth-order valence-corrected chi connectivity index (χ4v) is 1.96. The van der Waals surface area contributed by atoms with Crippen molar-refractivity contribution in [3.63, 3.8) is 0 Å². The minimum absolute atomic E-state index is 0.462. The number of rotatable bonds is 2. The van der Waals surface area contributed by atoms with Crippen LogP contribution in [-0.2, 0) is 0 Å². The van der Waals surface area contributed by atoms with E-state index >= 15 is 0 Å². The Balaban J connectivity index is 0.000000190. The van der Waals surface area contributed by atoms with Crippen LogP contribution in [0.3, 0.4) is 0 Å². The minimum Gasteiger partial charge on any atom is -0.395 e. The van der Waals surface area contributed by atoms with Crippen LogP contribution in [0.5, 0.6) is 11.5 Å². The van der Waals surface area contributed by atoms with Gasteiger partial charge in [-0.2, -0.15) is 0 Å². The summed E-state index contributed by atoms with van der Waals surface area (Å²) in [5.41, 5.74) is 0. The van der Waals surface area contributed by atoms with Crippen molar-refractivity contribution >= 4 is 6.16 Å². The average molecular weight is 370 g/mol. The minimum atomic E-state index is -0.739. The number of ether oxygens (including phenoxy) is 2. The zero-order valence-corrected chi connectivity index (χ0v) is 15.4. The molecular weight excluding hydrogens is 348 g/mol. The summed E-state index contributed by atoms with van der Waals surface area (Å²) in [6.07, 6.45) is -0.739. The highest BCUT2D eigenvalue weighted by Crippen LogP contribution is 2.12. The highest BCUT2D eigenvalue weighted by molar-refractivity contribution is 5.66. The number of benzene rings is 4. The van der Waals surface area contributed by atoms with Crippen LogP contribution in [0.15, 0.2) is 133 Å². The predicted molar refractivity (Wildman–Crippen MR) is 112 cm³/mol. The second-order valence-corrected chi connectivity index (χ2v) is 5.39. The van der Waals surface area contributed by atoms with Crippen molar-refractivity contribution in [2.75, 3.05) is 0 Å². The molecular formula is C25H22O3. The van der Waals surface area contributed by atoms with Crippen LogP contribution in [0, 0.1) is 0 Å². The third-order valence-corrected chi connectivity index (χ3v) is 3.22. The SMILES string of the molecule is O=C(Oc1ccccc1)Oc1ccccc1.c1ccccc1.c1ccccc1. The molecule has 0 N–H and O–H groups in total. The zero-order chi connectivity index (χ0) is 19.7. The molecule has 3 heteroatoms. The summed E-state index contributed by atoms with van der Waals surface area (Å²) in [7, 11) is 0. The number of carbonyl (C=O) groups is 1. The highest BCUT2D eigenvalue weighted by atomic mass is 16.7. The first-order chi connectivity index (χ1) is 13.8. The van der Waals surface area contributed by atoms with Gasteiger partial charge in [-0.3, -0.25) is 0 Å². The Morgan fingerprint density at radius 2 is 0.607 bits per heavy atom. The Bertz CT molecular complexity index is 736. The van der Waals surface area contributed by atoms with E-state index in [1.165, 1.54) is 0 Å². The second kappa shape index (κ2) is 13.4. The molecule has 28 heavy (non-hydrogen) atoms. The molecule has 140 valence electrons. The number of carbonyl (C=O) groups excluding carboxylic acids is 1. The summed E-state index contributed by atoms with van der Waals surface area (Å²) in [5.74, 6) is 0.923. The molecule has 4 aromatic carbocycles. The average Bonchev–Trinajstić information content (AvgIpc) is 2.78. The van der Waals surface area contributed by atoms with E-state index in [1.807, 2.05) is 84.9 Å². The predicted octanol–water partition coefficient (Wildman–Crippen LogP) is 6.64. The summed E-state index contributed by atoms with van der Waals surface area (Å²) in [5, 5.41) is 0. The Kier molecular flexibility index (Phi) is 9.77. The third-order valence-electron chi connectivity index (χ3n) is 3.22. The van der Waals surface area contributed by atoms with E-state index < -0.39 is 6.16 Å². The molecule has 0 aliphatic rings. The molecule has 0 amide bonds. The van der Waals surface area contributed by atoms with Gasteiger partial charge in [0, 0.05) is 0 Å². The van der Waals surface area contributed by atoms with E-state index in [-0.39, 0.29) is 0 Å². The summed E-state index contributed by atoms with van der Waals surface area (Å²) in [6.45, 7) is 0. The first-order valence-electron chi connectivity index (χ1n) is 8.84. The van der Waals surface area contributed by atoms with Gasteiger partial charge in [-0.05, 0) is 24.3 Å². The maximum absolute atomic E-state index is 11.3. The molecule has 0 saturated heterocycles. The molecule has 0 aromatic heterocycles. The maximum Gasteiger partial charge on any atom is 0.519 e. The smallest absolute Gasteiger partial charge is 0.395 e. The van der Waals surface area contributed by atoms with E-state index in [1.54, 1.807) is 48.5 Å². The van der Waals surface area contributed by atoms with Crippen molar-refractivity contribution in [1.82, 2.24) is 0 Å². The van der Waals surface area contributed by atoms with Crippen molar-refractivity contribution in [3.8, 4) is 11.5 Å². The number of hydrogen-bond acceptors (Lipinski definition) is 3. The second-order valence-electron chi connectivity index (χ2n) is 5.39. The molecule has 0 saturated carbocycles. The van der Waals surface area contributed by atoms with Crippen LogP contribution >= 0.6 is 0 Å². The monoisotopic (exact) mass is 370 g/mol. The summed E-state index contributed by atoms with van der Waals surface area (Å²) in [4.78, 5) is 11.3. The Labute approximate surface area is 165 Å². The van der Waals surface area contributed by atoms with Gasteiger partial charge in [0.2, 0.25) is 0 Å². The van der Waals surface area contributed by atoms with Crippen LogP contribution in [0.1, 0.15) is 0 Å². The van der Waals surface area contributed by atoms with Gasteiger partial charge in [0.1, 0.15) is 11.5 Å². The van der Waals surface area contributed by atoms with Gasteiger partial charge in [-0.15, -0.1) is 0 Å². The van der Waals surface area contributed by atoms with E-state index in [4.69, 9.17) is 9.47 Å². The molecule has 0 radical (unpaired) electrons. The lowest BCUT2D eigenvalue weighted by molar-refractivity contribution is 0.152. The largest absolute Gasteiger partial charge is 0.519 e. The summed E-state index contributed by atoms with van der Waals surface area (Å²) >= 11 is 0. The molecule has 3 nitrogen and oxygen atoms in total. The Morgan fingerprint density at radius 1 is 0.393 bits per heavy atom. The molecule has 0 bridgehead atoms.